The van der Waals surface area contributed by atoms with E-state index in [9.17, 15) is 9.59 Å². The summed E-state index contributed by atoms with van der Waals surface area (Å²) in [5, 5.41) is 11.4. The van der Waals surface area contributed by atoms with Crippen molar-refractivity contribution in [3.63, 3.8) is 0 Å². The molecule has 0 fully saturated rings. The Morgan fingerprint density at radius 2 is 2.14 bits per heavy atom. The number of ether oxygens (including phenoxy) is 2. The number of hydrogen-bond acceptors (Lipinski definition) is 5. The molecule has 1 rings (SSSR count). The Hall–Kier alpha value is -2.55. The largest absolute Gasteiger partial charge is 0.484 e. The van der Waals surface area contributed by atoms with Gasteiger partial charge < -0.3 is 14.8 Å². The summed E-state index contributed by atoms with van der Waals surface area (Å²) in [5.74, 6) is -0.516. The average molecular weight is 304 g/mol. The van der Waals surface area contributed by atoms with Crippen molar-refractivity contribution in [3.8, 4) is 11.8 Å². The molecule has 0 aliphatic rings. The number of amides is 1. The number of hydrogen-bond donors (Lipinski definition) is 1. The maximum absolute atomic E-state index is 11.9. The molecule has 0 saturated carbocycles. The monoisotopic (exact) mass is 304 g/mol. The fraction of sp³-hybridized carbons (Fsp3) is 0.438. The van der Waals surface area contributed by atoms with Crippen LogP contribution in [0.25, 0.3) is 0 Å². The third-order valence-electron chi connectivity index (χ3n) is 3.32. The van der Waals surface area contributed by atoms with Gasteiger partial charge in [0.25, 0.3) is 5.91 Å². The molecule has 0 aliphatic heterocycles. The number of carbonyl (C=O) groups is 2. The predicted octanol–water partition coefficient (Wildman–Crippen LogP) is 1.64. The van der Waals surface area contributed by atoms with Crippen molar-refractivity contribution in [2.75, 3.05) is 13.7 Å². The second kappa shape index (κ2) is 8.67. The Bertz CT molecular complexity index is 566. The molecule has 1 amide bonds. The number of carbonyl (C=O) groups excluding carboxylic acids is 2. The number of benzene rings is 1. The summed E-state index contributed by atoms with van der Waals surface area (Å²) in [5.41, 5.74) is 0.449. The molecule has 0 aromatic heterocycles. The average Bonchev–Trinajstić information content (AvgIpc) is 2.56. The standard InChI is InChI=1S/C16H20N2O4/c1-4-11(2)15(16(20)21-3)18-14(19)10-22-13-7-5-6-12(8-13)9-17/h5-8,11,15H,4,10H2,1-3H3,(H,18,19)/t11-,15-/m1/s1. The SMILES string of the molecule is CC[C@@H](C)[C@@H](NC(=O)COc1cccc(C#N)c1)C(=O)OC. The van der Waals surface area contributed by atoms with Crippen molar-refractivity contribution >= 4 is 11.9 Å². The zero-order valence-electron chi connectivity index (χ0n) is 13.0. The number of esters is 1. The predicted molar refractivity (Wildman–Crippen MR) is 80.1 cm³/mol. The highest BCUT2D eigenvalue weighted by atomic mass is 16.5. The summed E-state index contributed by atoms with van der Waals surface area (Å²) >= 11 is 0. The molecule has 6 nitrogen and oxygen atoms in total. The van der Waals surface area contributed by atoms with Crippen LogP contribution < -0.4 is 10.1 Å². The molecule has 6 heteroatoms. The van der Waals surface area contributed by atoms with Crippen molar-refractivity contribution in [2.24, 2.45) is 5.92 Å². The second-order valence-corrected chi connectivity index (χ2v) is 4.88. The van der Waals surface area contributed by atoms with Gasteiger partial charge in [0.05, 0.1) is 18.7 Å². The molecule has 0 saturated heterocycles. The van der Waals surface area contributed by atoms with Crippen molar-refractivity contribution in [1.29, 1.82) is 5.26 Å². The normalized spacial score (nSPS) is 12.6. The second-order valence-electron chi connectivity index (χ2n) is 4.88. The minimum atomic E-state index is -0.698. The Kier molecular flexibility index (Phi) is 6.90. The van der Waals surface area contributed by atoms with E-state index >= 15 is 0 Å². The van der Waals surface area contributed by atoms with E-state index in [4.69, 9.17) is 14.7 Å². The molecule has 22 heavy (non-hydrogen) atoms. The first-order valence-corrected chi connectivity index (χ1v) is 7.02. The number of rotatable bonds is 7. The smallest absolute Gasteiger partial charge is 0.328 e. The van der Waals surface area contributed by atoms with E-state index in [0.29, 0.717) is 11.3 Å². The molecule has 0 bridgehead atoms. The number of methoxy groups -OCH3 is 1. The van der Waals surface area contributed by atoms with Crippen LogP contribution in [0.1, 0.15) is 25.8 Å². The lowest BCUT2D eigenvalue weighted by Crippen LogP contribution is -2.47. The third-order valence-corrected chi connectivity index (χ3v) is 3.32. The first-order valence-electron chi connectivity index (χ1n) is 7.02. The van der Waals surface area contributed by atoms with Crippen molar-refractivity contribution in [3.05, 3.63) is 29.8 Å². The number of nitriles is 1. The van der Waals surface area contributed by atoms with Crippen LogP contribution in [0.3, 0.4) is 0 Å². The molecule has 0 unspecified atom stereocenters. The van der Waals surface area contributed by atoms with Gasteiger partial charge >= 0.3 is 5.97 Å². The third kappa shape index (κ3) is 5.09. The minimum absolute atomic E-state index is 0.0432. The molecule has 1 N–H and O–H groups in total. The molecule has 118 valence electrons. The molecule has 1 aromatic rings. The van der Waals surface area contributed by atoms with Crippen LogP contribution in [-0.4, -0.2) is 31.6 Å². The Labute approximate surface area is 130 Å². The van der Waals surface area contributed by atoms with Gasteiger partial charge in [-0.1, -0.05) is 26.3 Å². The lowest BCUT2D eigenvalue weighted by atomic mass is 9.99. The van der Waals surface area contributed by atoms with Gasteiger partial charge in [-0.25, -0.2) is 4.79 Å². The number of nitrogens with zero attached hydrogens (tertiary/aromatic N) is 1. The summed E-state index contributed by atoms with van der Waals surface area (Å²) < 4.78 is 10.0. The fourth-order valence-electron chi connectivity index (χ4n) is 1.82. The zero-order valence-corrected chi connectivity index (χ0v) is 13.0. The van der Waals surface area contributed by atoms with E-state index < -0.39 is 17.9 Å². The van der Waals surface area contributed by atoms with Crippen LogP contribution in [0.4, 0.5) is 0 Å². The van der Waals surface area contributed by atoms with E-state index in [-0.39, 0.29) is 12.5 Å². The summed E-state index contributed by atoms with van der Waals surface area (Å²) in [4.78, 5) is 23.6. The maximum atomic E-state index is 11.9. The molecule has 1 aromatic carbocycles. The Balaban J connectivity index is 2.60. The molecular formula is C16H20N2O4. The molecule has 0 heterocycles. The Morgan fingerprint density at radius 3 is 2.73 bits per heavy atom. The summed E-state index contributed by atoms with van der Waals surface area (Å²) in [6, 6.07) is 7.80. The van der Waals surface area contributed by atoms with Gasteiger partial charge in [0.2, 0.25) is 0 Å². The summed E-state index contributed by atoms with van der Waals surface area (Å²) in [6.45, 7) is 3.55. The summed E-state index contributed by atoms with van der Waals surface area (Å²) in [7, 11) is 1.29. The van der Waals surface area contributed by atoms with Crippen LogP contribution in [0.15, 0.2) is 24.3 Å². The van der Waals surface area contributed by atoms with E-state index in [0.717, 1.165) is 6.42 Å². The van der Waals surface area contributed by atoms with Crippen LogP contribution >= 0.6 is 0 Å². The van der Waals surface area contributed by atoms with Crippen molar-refractivity contribution in [1.82, 2.24) is 5.32 Å². The topological polar surface area (TPSA) is 88.4 Å². The van der Waals surface area contributed by atoms with Crippen LogP contribution in [0.5, 0.6) is 5.75 Å². The first-order chi connectivity index (χ1) is 10.5. The van der Waals surface area contributed by atoms with Gasteiger partial charge in [0.15, 0.2) is 6.61 Å². The highest BCUT2D eigenvalue weighted by Crippen LogP contribution is 2.13. The van der Waals surface area contributed by atoms with E-state index in [1.807, 2.05) is 19.9 Å². The van der Waals surface area contributed by atoms with Crippen molar-refractivity contribution < 1.29 is 19.1 Å². The zero-order chi connectivity index (χ0) is 16.5. The lowest BCUT2D eigenvalue weighted by molar-refractivity contribution is -0.146. The quantitative estimate of drug-likeness (QED) is 0.774. The van der Waals surface area contributed by atoms with Gasteiger partial charge in [0.1, 0.15) is 11.8 Å². The molecular weight excluding hydrogens is 284 g/mol. The van der Waals surface area contributed by atoms with Crippen LogP contribution in [0.2, 0.25) is 0 Å². The van der Waals surface area contributed by atoms with Crippen molar-refractivity contribution in [2.45, 2.75) is 26.3 Å². The van der Waals surface area contributed by atoms with Gasteiger partial charge in [-0.05, 0) is 24.1 Å². The van der Waals surface area contributed by atoms with E-state index in [1.165, 1.54) is 7.11 Å². The number of nitrogens with one attached hydrogen (secondary N) is 1. The maximum Gasteiger partial charge on any atom is 0.328 e. The van der Waals surface area contributed by atoms with Gasteiger partial charge in [-0.15, -0.1) is 0 Å². The van der Waals surface area contributed by atoms with Crippen LogP contribution in [-0.2, 0) is 14.3 Å². The fourth-order valence-corrected chi connectivity index (χ4v) is 1.82. The molecule has 0 radical (unpaired) electrons. The molecule has 0 aliphatic carbocycles. The minimum Gasteiger partial charge on any atom is -0.484 e. The lowest BCUT2D eigenvalue weighted by Gasteiger charge is -2.21. The molecule has 0 spiro atoms. The highest BCUT2D eigenvalue weighted by Gasteiger charge is 2.26. The first kappa shape index (κ1) is 17.5. The molecule has 2 atom stereocenters. The van der Waals surface area contributed by atoms with Crippen LogP contribution in [0, 0.1) is 17.2 Å². The van der Waals surface area contributed by atoms with Gasteiger partial charge in [-0.3, -0.25) is 4.79 Å². The van der Waals surface area contributed by atoms with E-state index in [1.54, 1.807) is 24.3 Å². The summed E-state index contributed by atoms with van der Waals surface area (Å²) in [6.07, 6.45) is 0.727. The van der Waals surface area contributed by atoms with Gasteiger partial charge in [-0.2, -0.15) is 5.26 Å². The van der Waals surface area contributed by atoms with E-state index in [2.05, 4.69) is 5.32 Å². The van der Waals surface area contributed by atoms with Gasteiger partial charge in [0, 0.05) is 0 Å². The Morgan fingerprint density at radius 1 is 1.41 bits per heavy atom. The highest BCUT2D eigenvalue weighted by molar-refractivity contribution is 5.85.